The van der Waals surface area contributed by atoms with Gasteiger partial charge in [0.05, 0.1) is 0 Å². The Balaban J connectivity index is 2.04. The van der Waals surface area contributed by atoms with Crippen LogP contribution >= 0.6 is 11.8 Å². The molecule has 1 aliphatic heterocycles. The van der Waals surface area contributed by atoms with Gasteiger partial charge in [0.2, 0.25) is 5.91 Å². The highest BCUT2D eigenvalue weighted by atomic mass is 32.2. The van der Waals surface area contributed by atoms with Crippen molar-refractivity contribution in [2.75, 3.05) is 18.1 Å². The number of rotatable bonds is 4. The molecule has 0 aromatic carbocycles. The molecule has 1 rings (SSSR count). The molecule has 1 fully saturated rings. The highest BCUT2D eigenvalue weighted by molar-refractivity contribution is 7.99. The van der Waals surface area contributed by atoms with Crippen LogP contribution < -0.4 is 11.1 Å². The molecule has 0 saturated carbocycles. The summed E-state index contributed by atoms with van der Waals surface area (Å²) in [7, 11) is 0. The summed E-state index contributed by atoms with van der Waals surface area (Å²) in [6.07, 6.45) is 1.70. The number of carbonyl (C=O) groups is 1. The number of hydrogen-bond acceptors (Lipinski definition) is 3. The normalized spacial score (nSPS) is 23.7. The predicted octanol–water partition coefficient (Wildman–Crippen LogP) is -0.0431. The average Bonchev–Trinajstić information content (AvgIpc) is 2.37. The van der Waals surface area contributed by atoms with Gasteiger partial charge < -0.3 is 11.1 Å². The fourth-order valence-corrected chi connectivity index (χ4v) is 1.98. The lowest BCUT2D eigenvalue weighted by Gasteiger charge is -2.07. The third-order valence-electron chi connectivity index (χ3n) is 1.67. The molecule has 1 saturated heterocycles. The van der Waals surface area contributed by atoms with Crippen molar-refractivity contribution in [3.8, 4) is 0 Å². The number of amides is 1. The Bertz CT molecular complexity index is 140. The topological polar surface area (TPSA) is 55.1 Å². The van der Waals surface area contributed by atoms with Gasteiger partial charge >= 0.3 is 0 Å². The van der Waals surface area contributed by atoms with Crippen molar-refractivity contribution in [2.24, 2.45) is 5.73 Å². The van der Waals surface area contributed by atoms with Crippen molar-refractivity contribution in [2.45, 2.75) is 18.9 Å². The molecule has 11 heavy (non-hydrogen) atoms. The van der Waals surface area contributed by atoms with Crippen LogP contribution in [0.3, 0.4) is 0 Å². The first-order chi connectivity index (χ1) is 5.33. The minimum Gasteiger partial charge on any atom is -0.353 e. The minimum atomic E-state index is 0.198. The van der Waals surface area contributed by atoms with E-state index in [0.717, 1.165) is 24.5 Å². The summed E-state index contributed by atoms with van der Waals surface area (Å²) < 4.78 is 0. The van der Waals surface area contributed by atoms with Crippen molar-refractivity contribution in [3.05, 3.63) is 0 Å². The molecule has 4 heteroatoms. The number of hydrogen-bond donors (Lipinski definition) is 2. The Morgan fingerprint density at radius 2 is 2.55 bits per heavy atom. The zero-order valence-electron chi connectivity index (χ0n) is 6.51. The number of carbonyl (C=O) groups excluding carboxylic acids is 1. The molecule has 0 spiro atoms. The molecule has 0 aliphatic carbocycles. The van der Waals surface area contributed by atoms with Gasteiger partial charge in [0, 0.05) is 30.5 Å². The maximum absolute atomic E-state index is 10.7. The Morgan fingerprint density at radius 1 is 1.73 bits per heavy atom. The first-order valence-corrected chi connectivity index (χ1v) is 5.05. The van der Waals surface area contributed by atoms with E-state index in [1.807, 2.05) is 11.8 Å². The summed E-state index contributed by atoms with van der Waals surface area (Å²) in [5, 5.41) is 2.91. The van der Waals surface area contributed by atoms with E-state index in [-0.39, 0.29) is 5.91 Å². The first-order valence-electron chi connectivity index (χ1n) is 3.90. The van der Waals surface area contributed by atoms with Crippen LogP contribution in [0.4, 0.5) is 0 Å². The van der Waals surface area contributed by atoms with E-state index >= 15 is 0 Å². The van der Waals surface area contributed by atoms with Gasteiger partial charge in [-0.25, -0.2) is 0 Å². The van der Waals surface area contributed by atoms with Crippen molar-refractivity contribution in [3.63, 3.8) is 0 Å². The summed E-state index contributed by atoms with van der Waals surface area (Å²) >= 11 is 1.81. The summed E-state index contributed by atoms with van der Waals surface area (Å²) in [4.78, 5) is 10.7. The molecule has 0 bridgehead atoms. The van der Waals surface area contributed by atoms with E-state index < -0.39 is 0 Å². The van der Waals surface area contributed by atoms with Crippen LogP contribution in [0.15, 0.2) is 0 Å². The highest BCUT2D eigenvalue weighted by Crippen LogP contribution is 2.11. The highest BCUT2D eigenvalue weighted by Gasteiger charge is 2.19. The standard InChI is InChI=1S/C7H14N2OS/c8-3-4-11-5-6-1-2-7(10)9-6/h6H,1-5,8H2,(H,9,10). The fraction of sp³-hybridized carbons (Fsp3) is 0.857. The quantitative estimate of drug-likeness (QED) is 0.588. The van der Waals surface area contributed by atoms with Gasteiger partial charge in [-0.2, -0.15) is 11.8 Å². The van der Waals surface area contributed by atoms with Gasteiger partial charge in [0.25, 0.3) is 0 Å². The molecule has 0 aromatic rings. The largest absolute Gasteiger partial charge is 0.353 e. The molecule has 3 nitrogen and oxygen atoms in total. The van der Waals surface area contributed by atoms with Crippen LogP contribution in [-0.2, 0) is 4.79 Å². The van der Waals surface area contributed by atoms with Crippen molar-refractivity contribution in [1.29, 1.82) is 0 Å². The SMILES string of the molecule is NCCSCC1CCC(=O)N1. The van der Waals surface area contributed by atoms with Gasteiger partial charge in [-0.3, -0.25) is 4.79 Å². The molecule has 0 radical (unpaired) electrons. The van der Waals surface area contributed by atoms with Crippen molar-refractivity contribution in [1.82, 2.24) is 5.32 Å². The van der Waals surface area contributed by atoms with Crippen molar-refractivity contribution < 1.29 is 4.79 Å². The van der Waals surface area contributed by atoms with E-state index in [2.05, 4.69) is 5.32 Å². The van der Waals surface area contributed by atoms with Gasteiger partial charge in [-0.1, -0.05) is 0 Å². The van der Waals surface area contributed by atoms with Crippen LogP contribution in [-0.4, -0.2) is 30.0 Å². The summed E-state index contributed by atoms with van der Waals surface area (Å²) in [5.74, 6) is 2.21. The zero-order chi connectivity index (χ0) is 8.10. The van der Waals surface area contributed by atoms with E-state index in [1.165, 1.54) is 0 Å². The van der Waals surface area contributed by atoms with Gasteiger partial charge in [0.1, 0.15) is 0 Å². The second-order valence-electron chi connectivity index (χ2n) is 2.67. The lowest BCUT2D eigenvalue weighted by molar-refractivity contribution is -0.119. The lowest BCUT2D eigenvalue weighted by atomic mass is 10.2. The van der Waals surface area contributed by atoms with E-state index in [4.69, 9.17) is 5.73 Å². The first kappa shape index (κ1) is 8.87. The van der Waals surface area contributed by atoms with Crippen LogP contribution in [0.25, 0.3) is 0 Å². The lowest BCUT2D eigenvalue weighted by Crippen LogP contribution is -2.27. The predicted molar refractivity (Wildman–Crippen MR) is 47.5 cm³/mol. The molecule has 1 atom stereocenters. The fourth-order valence-electron chi connectivity index (χ4n) is 1.11. The summed E-state index contributed by atoms with van der Waals surface area (Å²) in [6.45, 7) is 0.728. The summed E-state index contributed by atoms with van der Waals surface area (Å²) in [6, 6.07) is 0.402. The third-order valence-corrected chi connectivity index (χ3v) is 2.83. The maximum atomic E-state index is 10.7. The molecule has 64 valence electrons. The molecule has 1 unspecified atom stereocenters. The van der Waals surface area contributed by atoms with E-state index in [9.17, 15) is 4.79 Å². The second-order valence-corrected chi connectivity index (χ2v) is 3.82. The average molecular weight is 174 g/mol. The molecule has 3 N–H and O–H groups in total. The maximum Gasteiger partial charge on any atom is 0.220 e. The molecular formula is C7H14N2OS. The van der Waals surface area contributed by atoms with Gasteiger partial charge in [0.15, 0.2) is 0 Å². The van der Waals surface area contributed by atoms with Crippen LogP contribution in [0, 0.1) is 0 Å². The van der Waals surface area contributed by atoms with Gasteiger partial charge in [-0.05, 0) is 6.42 Å². The molecule has 1 amide bonds. The third kappa shape index (κ3) is 3.12. The summed E-state index contributed by atoms with van der Waals surface area (Å²) in [5.41, 5.74) is 5.33. The van der Waals surface area contributed by atoms with Crippen LogP contribution in [0.1, 0.15) is 12.8 Å². The van der Waals surface area contributed by atoms with E-state index in [1.54, 1.807) is 0 Å². The Labute approximate surface area is 71.1 Å². The van der Waals surface area contributed by atoms with Crippen molar-refractivity contribution >= 4 is 17.7 Å². The molecule has 0 aromatic heterocycles. The number of thioether (sulfide) groups is 1. The second kappa shape index (κ2) is 4.62. The number of nitrogens with two attached hydrogens (primary N) is 1. The monoisotopic (exact) mass is 174 g/mol. The minimum absolute atomic E-state index is 0.198. The van der Waals surface area contributed by atoms with E-state index in [0.29, 0.717) is 12.5 Å². The number of nitrogens with one attached hydrogen (secondary N) is 1. The van der Waals surface area contributed by atoms with Crippen LogP contribution in [0.2, 0.25) is 0 Å². The Morgan fingerprint density at radius 3 is 3.09 bits per heavy atom. The zero-order valence-corrected chi connectivity index (χ0v) is 7.32. The van der Waals surface area contributed by atoms with Gasteiger partial charge in [-0.15, -0.1) is 0 Å². The molecular weight excluding hydrogens is 160 g/mol. The Hall–Kier alpha value is -0.220. The Kier molecular flexibility index (Phi) is 3.72. The molecule has 1 aliphatic rings. The smallest absolute Gasteiger partial charge is 0.220 e. The van der Waals surface area contributed by atoms with Crippen LogP contribution in [0.5, 0.6) is 0 Å². The molecule has 1 heterocycles.